The van der Waals surface area contributed by atoms with E-state index in [9.17, 15) is 10.1 Å². The third-order valence-electron chi connectivity index (χ3n) is 3.22. The first-order valence-corrected chi connectivity index (χ1v) is 7.78. The summed E-state index contributed by atoms with van der Waals surface area (Å²) in [6.07, 6.45) is 0. The predicted molar refractivity (Wildman–Crippen MR) is 86.7 cm³/mol. The normalized spacial score (nSPS) is 10.5. The molecule has 0 fully saturated rings. The highest BCUT2D eigenvalue weighted by molar-refractivity contribution is 7.99. The van der Waals surface area contributed by atoms with E-state index >= 15 is 0 Å². The highest BCUT2D eigenvalue weighted by atomic mass is 32.2. The standard InChI is InChI=1S/C16H18N2O2S/c1-13-14(6-5-9-16(13)18(19)20)12-17-10-11-21-15-7-3-2-4-8-15/h2-9,17H,10-12H2,1H3. The molecule has 0 aliphatic rings. The highest BCUT2D eigenvalue weighted by Crippen LogP contribution is 2.21. The first kappa shape index (κ1) is 15.5. The monoisotopic (exact) mass is 302 g/mol. The minimum Gasteiger partial charge on any atom is -0.312 e. The number of hydrogen-bond donors (Lipinski definition) is 1. The van der Waals surface area contributed by atoms with Crippen LogP contribution in [-0.4, -0.2) is 17.2 Å². The van der Waals surface area contributed by atoms with E-state index in [1.165, 1.54) is 4.90 Å². The van der Waals surface area contributed by atoms with E-state index in [0.717, 1.165) is 23.4 Å². The minimum atomic E-state index is -0.329. The van der Waals surface area contributed by atoms with Gasteiger partial charge >= 0.3 is 0 Å². The van der Waals surface area contributed by atoms with Crippen LogP contribution in [0.5, 0.6) is 0 Å². The maximum absolute atomic E-state index is 10.9. The summed E-state index contributed by atoms with van der Waals surface area (Å²) in [6, 6.07) is 15.5. The first-order valence-electron chi connectivity index (χ1n) is 6.80. The molecule has 21 heavy (non-hydrogen) atoms. The minimum absolute atomic E-state index is 0.188. The molecule has 0 amide bonds. The van der Waals surface area contributed by atoms with Crippen LogP contribution in [-0.2, 0) is 6.54 Å². The second kappa shape index (κ2) is 7.81. The van der Waals surface area contributed by atoms with E-state index in [2.05, 4.69) is 17.4 Å². The van der Waals surface area contributed by atoms with Crippen LogP contribution in [0.1, 0.15) is 11.1 Å². The third kappa shape index (κ3) is 4.58. The zero-order valence-electron chi connectivity index (χ0n) is 11.9. The van der Waals surface area contributed by atoms with Crippen molar-refractivity contribution in [1.29, 1.82) is 0 Å². The number of rotatable bonds is 7. The van der Waals surface area contributed by atoms with E-state index in [1.54, 1.807) is 30.8 Å². The summed E-state index contributed by atoms with van der Waals surface area (Å²) in [4.78, 5) is 11.8. The van der Waals surface area contributed by atoms with Crippen molar-refractivity contribution >= 4 is 17.4 Å². The Labute approximate surface area is 128 Å². The van der Waals surface area contributed by atoms with Crippen LogP contribution in [0, 0.1) is 17.0 Å². The molecule has 0 aliphatic heterocycles. The summed E-state index contributed by atoms with van der Waals surface area (Å²) in [6.45, 7) is 3.32. The summed E-state index contributed by atoms with van der Waals surface area (Å²) < 4.78 is 0. The number of thioether (sulfide) groups is 1. The Kier molecular flexibility index (Phi) is 5.78. The van der Waals surface area contributed by atoms with Crippen LogP contribution in [0.15, 0.2) is 53.4 Å². The van der Waals surface area contributed by atoms with Crippen LogP contribution in [0.4, 0.5) is 5.69 Å². The fraction of sp³-hybridized carbons (Fsp3) is 0.250. The Balaban J connectivity index is 1.79. The zero-order chi connectivity index (χ0) is 15.1. The molecule has 110 valence electrons. The summed E-state index contributed by atoms with van der Waals surface area (Å²) in [5, 5.41) is 14.2. The molecule has 1 N–H and O–H groups in total. The fourth-order valence-electron chi connectivity index (χ4n) is 2.04. The van der Waals surface area contributed by atoms with Gasteiger partial charge in [0.1, 0.15) is 0 Å². The van der Waals surface area contributed by atoms with Gasteiger partial charge in [-0.2, -0.15) is 0 Å². The molecule has 0 saturated carbocycles. The molecule has 0 saturated heterocycles. The van der Waals surface area contributed by atoms with Gasteiger partial charge in [0.15, 0.2) is 0 Å². The maximum Gasteiger partial charge on any atom is 0.272 e. The van der Waals surface area contributed by atoms with Gasteiger partial charge in [0, 0.05) is 35.4 Å². The van der Waals surface area contributed by atoms with E-state index in [1.807, 2.05) is 24.3 Å². The van der Waals surface area contributed by atoms with Gasteiger partial charge in [-0.1, -0.05) is 30.3 Å². The van der Waals surface area contributed by atoms with Crippen molar-refractivity contribution in [1.82, 2.24) is 5.32 Å². The summed E-state index contributed by atoms with van der Waals surface area (Å²) in [5.41, 5.74) is 1.91. The summed E-state index contributed by atoms with van der Waals surface area (Å²) >= 11 is 1.80. The molecule has 0 bridgehead atoms. The number of hydrogen-bond acceptors (Lipinski definition) is 4. The molecule has 2 aromatic rings. The Morgan fingerprint density at radius 2 is 1.90 bits per heavy atom. The van der Waals surface area contributed by atoms with Crippen molar-refractivity contribution in [2.45, 2.75) is 18.4 Å². The molecule has 2 aromatic carbocycles. The molecule has 0 radical (unpaired) electrons. The van der Waals surface area contributed by atoms with Gasteiger partial charge < -0.3 is 5.32 Å². The van der Waals surface area contributed by atoms with Crippen LogP contribution in [0.25, 0.3) is 0 Å². The summed E-state index contributed by atoms with van der Waals surface area (Å²) in [7, 11) is 0. The molecular formula is C16H18N2O2S. The molecule has 4 nitrogen and oxygen atoms in total. The number of benzene rings is 2. The SMILES string of the molecule is Cc1c(CNCCSc2ccccc2)cccc1[N+](=O)[O-]. The van der Waals surface area contributed by atoms with Gasteiger partial charge in [0.05, 0.1) is 4.92 Å². The Hall–Kier alpha value is -1.85. The fourth-order valence-corrected chi connectivity index (χ4v) is 2.87. The predicted octanol–water partition coefficient (Wildman–Crippen LogP) is 3.79. The topological polar surface area (TPSA) is 55.2 Å². The highest BCUT2D eigenvalue weighted by Gasteiger charge is 2.12. The van der Waals surface area contributed by atoms with E-state index in [-0.39, 0.29) is 10.6 Å². The molecule has 5 heteroatoms. The van der Waals surface area contributed by atoms with Gasteiger partial charge in [-0.15, -0.1) is 11.8 Å². The van der Waals surface area contributed by atoms with Crippen molar-refractivity contribution < 1.29 is 4.92 Å². The zero-order valence-corrected chi connectivity index (χ0v) is 12.7. The molecule has 0 unspecified atom stereocenters. The second-order valence-electron chi connectivity index (χ2n) is 4.66. The Bertz CT molecular complexity index is 602. The van der Waals surface area contributed by atoms with Crippen LogP contribution in [0.3, 0.4) is 0 Å². The van der Waals surface area contributed by atoms with Crippen molar-refractivity contribution in [3.63, 3.8) is 0 Å². The lowest BCUT2D eigenvalue weighted by Gasteiger charge is -2.08. The lowest BCUT2D eigenvalue weighted by atomic mass is 10.1. The second-order valence-corrected chi connectivity index (χ2v) is 5.82. The number of nitrogens with one attached hydrogen (secondary N) is 1. The van der Waals surface area contributed by atoms with Gasteiger partial charge in [-0.25, -0.2) is 0 Å². The van der Waals surface area contributed by atoms with Crippen LogP contribution >= 0.6 is 11.8 Å². The summed E-state index contributed by atoms with van der Waals surface area (Å²) in [5.74, 6) is 0.970. The van der Waals surface area contributed by atoms with Crippen LogP contribution in [0.2, 0.25) is 0 Å². The van der Waals surface area contributed by atoms with Gasteiger partial charge in [-0.05, 0) is 24.6 Å². The molecule has 2 rings (SSSR count). The maximum atomic E-state index is 10.9. The van der Waals surface area contributed by atoms with Crippen molar-refractivity contribution in [2.75, 3.05) is 12.3 Å². The third-order valence-corrected chi connectivity index (χ3v) is 4.23. The van der Waals surface area contributed by atoms with Gasteiger partial charge in [0.25, 0.3) is 5.69 Å². The quantitative estimate of drug-likeness (QED) is 0.366. The molecule has 0 aromatic heterocycles. The smallest absolute Gasteiger partial charge is 0.272 e. The van der Waals surface area contributed by atoms with Crippen molar-refractivity contribution in [3.8, 4) is 0 Å². The van der Waals surface area contributed by atoms with E-state index in [4.69, 9.17) is 0 Å². The van der Waals surface area contributed by atoms with Gasteiger partial charge in [0.2, 0.25) is 0 Å². The molecule has 0 aliphatic carbocycles. The first-order chi connectivity index (χ1) is 10.2. The number of nitro groups is 1. The van der Waals surface area contributed by atoms with E-state index in [0.29, 0.717) is 6.54 Å². The average Bonchev–Trinajstić information content (AvgIpc) is 2.49. The van der Waals surface area contributed by atoms with E-state index < -0.39 is 0 Å². The number of nitrogens with zero attached hydrogens (tertiary/aromatic N) is 1. The average molecular weight is 302 g/mol. The van der Waals surface area contributed by atoms with Crippen molar-refractivity contribution in [3.05, 3.63) is 69.8 Å². The van der Waals surface area contributed by atoms with Gasteiger partial charge in [-0.3, -0.25) is 10.1 Å². The number of nitro benzene ring substituents is 1. The Morgan fingerprint density at radius 1 is 1.14 bits per heavy atom. The molecule has 0 heterocycles. The van der Waals surface area contributed by atoms with Crippen molar-refractivity contribution in [2.24, 2.45) is 0 Å². The Morgan fingerprint density at radius 3 is 2.62 bits per heavy atom. The molecule has 0 atom stereocenters. The van der Waals surface area contributed by atoms with Crippen LogP contribution < -0.4 is 5.32 Å². The molecule has 0 spiro atoms. The molecular weight excluding hydrogens is 284 g/mol. The lowest BCUT2D eigenvalue weighted by molar-refractivity contribution is -0.385. The largest absolute Gasteiger partial charge is 0.312 e. The lowest BCUT2D eigenvalue weighted by Crippen LogP contribution is -2.17.